The van der Waals surface area contributed by atoms with Gasteiger partial charge >= 0.3 is 0 Å². The Bertz CT molecular complexity index is 315. The molecular weight excluding hydrogens is 200 g/mol. The van der Waals surface area contributed by atoms with Crippen LogP contribution >= 0.6 is 0 Å². The summed E-state index contributed by atoms with van der Waals surface area (Å²) in [5, 5.41) is 9.44. The van der Waals surface area contributed by atoms with Crippen LogP contribution in [0.3, 0.4) is 0 Å². The number of hydrogen-bond acceptors (Lipinski definition) is 2. The SMILES string of the molecule is NCCCCc1cc(C(F)F)ccc1O. The molecular formula is C11H15F2NO. The maximum atomic E-state index is 12.4. The van der Waals surface area contributed by atoms with Gasteiger partial charge in [-0.15, -0.1) is 0 Å². The first kappa shape index (κ1) is 11.9. The highest BCUT2D eigenvalue weighted by atomic mass is 19.3. The minimum Gasteiger partial charge on any atom is -0.508 e. The van der Waals surface area contributed by atoms with Crippen molar-refractivity contribution in [2.24, 2.45) is 5.73 Å². The molecule has 0 unspecified atom stereocenters. The molecule has 84 valence electrons. The third-order valence-corrected chi connectivity index (χ3v) is 2.26. The second-order valence-corrected chi connectivity index (χ2v) is 3.43. The Kier molecular flexibility index (Phi) is 4.49. The lowest BCUT2D eigenvalue weighted by atomic mass is 10.0. The molecule has 3 N–H and O–H groups in total. The largest absolute Gasteiger partial charge is 0.508 e. The summed E-state index contributed by atoms with van der Waals surface area (Å²) >= 11 is 0. The summed E-state index contributed by atoms with van der Waals surface area (Å²) in [7, 11) is 0. The zero-order valence-corrected chi connectivity index (χ0v) is 8.42. The van der Waals surface area contributed by atoms with Gasteiger partial charge in [0.1, 0.15) is 5.75 Å². The summed E-state index contributed by atoms with van der Waals surface area (Å²) < 4.78 is 24.7. The summed E-state index contributed by atoms with van der Waals surface area (Å²) in [5.74, 6) is 0.0800. The molecule has 0 aromatic heterocycles. The standard InChI is InChI=1S/C11H15F2NO/c12-11(13)9-4-5-10(15)8(7-9)3-1-2-6-14/h4-5,7,11,15H,1-3,6,14H2. The van der Waals surface area contributed by atoms with Gasteiger partial charge in [0.25, 0.3) is 6.43 Å². The number of rotatable bonds is 5. The highest BCUT2D eigenvalue weighted by Crippen LogP contribution is 2.26. The normalized spacial score (nSPS) is 10.9. The van der Waals surface area contributed by atoms with Crippen LogP contribution in [0.2, 0.25) is 0 Å². The Labute approximate surface area is 87.7 Å². The number of halogens is 2. The van der Waals surface area contributed by atoms with Crippen LogP contribution in [-0.4, -0.2) is 11.7 Å². The molecule has 1 aromatic carbocycles. The Morgan fingerprint density at radius 1 is 1.27 bits per heavy atom. The molecule has 1 aromatic rings. The van der Waals surface area contributed by atoms with Crippen LogP contribution in [0.4, 0.5) is 8.78 Å². The van der Waals surface area contributed by atoms with Crippen LogP contribution in [0, 0.1) is 0 Å². The second-order valence-electron chi connectivity index (χ2n) is 3.43. The fourth-order valence-corrected chi connectivity index (χ4v) is 1.40. The lowest BCUT2D eigenvalue weighted by Crippen LogP contribution is -1.99. The smallest absolute Gasteiger partial charge is 0.263 e. The number of phenolic OH excluding ortho intramolecular Hbond substituents is 1. The van der Waals surface area contributed by atoms with Crippen molar-refractivity contribution in [3.8, 4) is 5.75 Å². The van der Waals surface area contributed by atoms with Crippen molar-refractivity contribution in [1.82, 2.24) is 0 Å². The highest BCUT2D eigenvalue weighted by Gasteiger charge is 2.09. The van der Waals surface area contributed by atoms with Crippen molar-refractivity contribution in [1.29, 1.82) is 0 Å². The van der Waals surface area contributed by atoms with Gasteiger partial charge in [0.15, 0.2) is 0 Å². The van der Waals surface area contributed by atoms with E-state index in [1.807, 2.05) is 0 Å². The van der Waals surface area contributed by atoms with E-state index in [-0.39, 0.29) is 11.3 Å². The van der Waals surface area contributed by atoms with Crippen LogP contribution in [0.15, 0.2) is 18.2 Å². The van der Waals surface area contributed by atoms with Gasteiger partial charge in [0.05, 0.1) is 0 Å². The Hall–Kier alpha value is -1.16. The van der Waals surface area contributed by atoms with E-state index < -0.39 is 6.43 Å². The van der Waals surface area contributed by atoms with E-state index in [9.17, 15) is 13.9 Å². The number of alkyl halides is 2. The third kappa shape index (κ3) is 3.47. The van der Waals surface area contributed by atoms with Crippen molar-refractivity contribution in [2.45, 2.75) is 25.7 Å². The molecule has 0 aliphatic rings. The van der Waals surface area contributed by atoms with Gasteiger partial charge in [-0.1, -0.05) is 0 Å². The van der Waals surface area contributed by atoms with E-state index >= 15 is 0 Å². The number of phenols is 1. The molecule has 0 amide bonds. The fourth-order valence-electron chi connectivity index (χ4n) is 1.40. The van der Waals surface area contributed by atoms with Crippen molar-refractivity contribution in [3.05, 3.63) is 29.3 Å². The Balaban J connectivity index is 2.72. The maximum Gasteiger partial charge on any atom is 0.263 e. The zero-order chi connectivity index (χ0) is 11.3. The minimum atomic E-state index is -2.49. The second kappa shape index (κ2) is 5.66. The predicted molar refractivity (Wildman–Crippen MR) is 55.1 cm³/mol. The molecule has 0 aliphatic carbocycles. The van der Waals surface area contributed by atoms with Crippen LogP contribution in [0.5, 0.6) is 5.75 Å². The molecule has 0 radical (unpaired) electrons. The van der Waals surface area contributed by atoms with Crippen molar-refractivity contribution in [2.75, 3.05) is 6.54 Å². The number of aryl methyl sites for hydroxylation is 1. The molecule has 1 rings (SSSR count). The average molecular weight is 215 g/mol. The maximum absolute atomic E-state index is 12.4. The predicted octanol–water partition coefficient (Wildman–Crippen LogP) is 2.61. The van der Waals surface area contributed by atoms with E-state index in [4.69, 9.17) is 5.73 Å². The molecule has 0 saturated heterocycles. The van der Waals surface area contributed by atoms with Gasteiger partial charge in [-0.25, -0.2) is 8.78 Å². The molecule has 0 bridgehead atoms. The van der Waals surface area contributed by atoms with Crippen molar-refractivity contribution in [3.63, 3.8) is 0 Å². The Morgan fingerprint density at radius 2 is 2.00 bits per heavy atom. The topological polar surface area (TPSA) is 46.2 Å². The molecule has 0 heterocycles. The summed E-state index contributed by atoms with van der Waals surface area (Å²) in [6.45, 7) is 0.579. The molecule has 0 atom stereocenters. The summed E-state index contributed by atoms with van der Waals surface area (Å²) in [6, 6.07) is 3.92. The fraction of sp³-hybridized carbons (Fsp3) is 0.455. The van der Waals surface area contributed by atoms with E-state index in [2.05, 4.69) is 0 Å². The highest BCUT2D eigenvalue weighted by molar-refractivity contribution is 5.36. The quantitative estimate of drug-likeness (QED) is 0.741. The summed E-state index contributed by atoms with van der Waals surface area (Å²) in [5.41, 5.74) is 5.85. The van der Waals surface area contributed by atoms with E-state index in [1.54, 1.807) is 0 Å². The third-order valence-electron chi connectivity index (χ3n) is 2.26. The summed E-state index contributed by atoms with van der Waals surface area (Å²) in [6.07, 6.45) is -0.266. The number of unbranched alkanes of at least 4 members (excludes halogenated alkanes) is 1. The lowest BCUT2D eigenvalue weighted by molar-refractivity contribution is 0.151. The van der Waals surface area contributed by atoms with Crippen molar-refractivity contribution < 1.29 is 13.9 Å². The number of hydrogen-bond donors (Lipinski definition) is 2. The number of aromatic hydroxyl groups is 1. The monoisotopic (exact) mass is 215 g/mol. The molecule has 4 heteroatoms. The molecule has 0 spiro atoms. The molecule has 0 fully saturated rings. The van der Waals surface area contributed by atoms with Crippen LogP contribution in [0.25, 0.3) is 0 Å². The molecule has 15 heavy (non-hydrogen) atoms. The molecule has 2 nitrogen and oxygen atoms in total. The number of benzene rings is 1. The van der Waals surface area contributed by atoms with Gasteiger partial charge in [0.2, 0.25) is 0 Å². The van der Waals surface area contributed by atoms with Crippen LogP contribution in [0.1, 0.15) is 30.4 Å². The number of nitrogens with two attached hydrogens (primary N) is 1. The van der Waals surface area contributed by atoms with Gasteiger partial charge in [0, 0.05) is 5.56 Å². The zero-order valence-electron chi connectivity index (χ0n) is 8.42. The van der Waals surface area contributed by atoms with E-state index in [0.29, 0.717) is 18.5 Å². The molecule has 0 aliphatic heterocycles. The van der Waals surface area contributed by atoms with E-state index in [1.165, 1.54) is 18.2 Å². The van der Waals surface area contributed by atoms with Crippen LogP contribution < -0.4 is 5.73 Å². The van der Waals surface area contributed by atoms with Gasteiger partial charge in [-0.05, 0) is 49.6 Å². The molecule has 0 saturated carbocycles. The minimum absolute atomic E-state index is 0.0458. The first-order valence-electron chi connectivity index (χ1n) is 4.95. The summed E-state index contributed by atoms with van der Waals surface area (Å²) in [4.78, 5) is 0. The average Bonchev–Trinajstić information content (AvgIpc) is 2.20. The first-order valence-corrected chi connectivity index (χ1v) is 4.95. The lowest BCUT2D eigenvalue weighted by Gasteiger charge is -2.06. The van der Waals surface area contributed by atoms with Gasteiger partial charge in [-0.2, -0.15) is 0 Å². The van der Waals surface area contributed by atoms with Crippen molar-refractivity contribution >= 4 is 0 Å². The van der Waals surface area contributed by atoms with Gasteiger partial charge in [-0.3, -0.25) is 0 Å². The Morgan fingerprint density at radius 3 is 2.60 bits per heavy atom. The van der Waals surface area contributed by atoms with E-state index in [0.717, 1.165) is 12.8 Å². The first-order chi connectivity index (χ1) is 7.15. The van der Waals surface area contributed by atoms with Gasteiger partial charge < -0.3 is 10.8 Å². The van der Waals surface area contributed by atoms with Crippen LogP contribution in [-0.2, 0) is 6.42 Å².